The van der Waals surface area contributed by atoms with Gasteiger partial charge in [-0.3, -0.25) is 4.79 Å². The molecule has 1 aliphatic rings. The number of rotatable bonds is 12. The minimum absolute atomic E-state index is 0.215. The van der Waals surface area contributed by atoms with Crippen LogP contribution in [0, 0.1) is 12.3 Å². The molecule has 0 unspecified atom stereocenters. The van der Waals surface area contributed by atoms with Crippen molar-refractivity contribution in [3.05, 3.63) is 67.3 Å². The first kappa shape index (κ1) is 30.8. The maximum absolute atomic E-state index is 12.6. The number of amides is 1. The van der Waals surface area contributed by atoms with E-state index in [1.165, 1.54) is 6.08 Å². The van der Waals surface area contributed by atoms with Gasteiger partial charge >= 0.3 is 0 Å². The van der Waals surface area contributed by atoms with E-state index in [-0.39, 0.29) is 11.3 Å². The van der Waals surface area contributed by atoms with E-state index in [2.05, 4.69) is 73.0 Å². The summed E-state index contributed by atoms with van der Waals surface area (Å²) in [5.74, 6) is 1.36. The van der Waals surface area contributed by atoms with Gasteiger partial charge in [-0.25, -0.2) is 9.97 Å². The van der Waals surface area contributed by atoms with E-state index < -0.39 is 0 Å². The minimum Gasteiger partial charge on any atom is -0.494 e. The van der Waals surface area contributed by atoms with Crippen LogP contribution < -0.4 is 20.3 Å². The quantitative estimate of drug-likeness (QED) is 0.169. The van der Waals surface area contributed by atoms with Gasteiger partial charge in [-0.15, -0.1) is 10.2 Å². The summed E-state index contributed by atoms with van der Waals surface area (Å²) in [4.78, 5) is 26.6. The van der Waals surface area contributed by atoms with Gasteiger partial charge in [0.25, 0.3) is 5.89 Å². The zero-order valence-corrected chi connectivity index (χ0v) is 27.1. The zero-order valence-electron chi connectivity index (χ0n) is 27.1. The van der Waals surface area contributed by atoms with Crippen LogP contribution in [-0.2, 0) is 11.8 Å². The molecule has 0 atom stereocenters. The summed E-state index contributed by atoms with van der Waals surface area (Å²) in [5.41, 5.74) is 5.43. The highest BCUT2D eigenvalue weighted by molar-refractivity contribution is 6.02. The maximum atomic E-state index is 12.6. The van der Waals surface area contributed by atoms with E-state index in [0.717, 1.165) is 48.1 Å². The summed E-state index contributed by atoms with van der Waals surface area (Å²) >= 11 is 0. The van der Waals surface area contributed by atoms with Crippen LogP contribution in [0.4, 0.5) is 23.0 Å². The molecule has 0 bridgehead atoms. The lowest BCUT2D eigenvalue weighted by atomic mass is 10.1. The van der Waals surface area contributed by atoms with Crippen LogP contribution >= 0.6 is 0 Å². The van der Waals surface area contributed by atoms with Crippen LogP contribution in [0.1, 0.15) is 18.7 Å². The van der Waals surface area contributed by atoms with Crippen LogP contribution in [0.2, 0.25) is 0 Å². The molecule has 0 saturated heterocycles. The van der Waals surface area contributed by atoms with E-state index in [9.17, 15) is 4.79 Å². The number of hydrogen-bond acceptors (Lipinski definition) is 10. The number of ether oxygens (including phenoxy) is 1. The molecule has 1 saturated carbocycles. The molecule has 0 spiro atoms. The number of carbonyl (C=O) groups is 1. The topological polar surface area (TPSA) is 126 Å². The second-order valence-corrected chi connectivity index (χ2v) is 12.2. The summed E-state index contributed by atoms with van der Waals surface area (Å²) < 4.78 is 13.7. The summed E-state index contributed by atoms with van der Waals surface area (Å²) in [7, 11) is 9.85. The summed E-state index contributed by atoms with van der Waals surface area (Å²) in [6.07, 6.45) is 7.29. The molecule has 6 rings (SSSR count). The van der Waals surface area contributed by atoms with Gasteiger partial charge in [0.1, 0.15) is 5.75 Å². The smallest absolute Gasteiger partial charge is 0.251 e. The number of fused-ring (bicyclic) bond motifs is 1. The van der Waals surface area contributed by atoms with Crippen molar-refractivity contribution in [2.45, 2.75) is 19.8 Å². The molecule has 5 aromatic rings. The average Bonchev–Trinajstić information content (AvgIpc) is 3.48. The fourth-order valence-electron chi connectivity index (χ4n) is 6.10. The third kappa shape index (κ3) is 6.16. The number of aromatic nitrogens is 5. The third-order valence-corrected chi connectivity index (χ3v) is 8.30. The predicted molar refractivity (Wildman–Crippen MR) is 181 cm³/mol. The van der Waals surface area contributed by atoms with Crippen molar-refractivity contribution in [1.29, 1.82) is 0 Å². The Balaban J connectivity index is 1.41. The molecular formula is C34H39N9O3. The number of aryl methyl sites for hydroxylation is 2. The van der Waals surface area contributed by atoms with E-state index in [4.69, 9.17) is 14.1 Å². The van der Waals surface area contributed by atoms with Crippen molar-refractivity contribution in [2.75, 3.05) is 56.9 Å². The van der Waals surface area contributed by atoms with E-state index >= 15 is 0 Å². The molecule has 12 nitrogen and oxygen atoms in total. The average molecular weight is 622 g/mol. The second-order valence-electron chi connectivity index (χ2n) is 12.2. The minimum atomic E-state index is -0.311. The Kier molecular flexibility index (Phi) is 8.22. The summed E-state index contributed by atoms with van der Waals surface area (Å²) in [5, 5.41) is 15.6. The maximum Gasteiger partial charge on any atom is 0.251 e. The molecule has 2 aromatic carbocycles. The Morgan fingerprint density at radius 1 is 1.13 bits per heavy atom. The van der Waals surface area contributed by atoms with Gasteiger partial charge in [0.2, 0.25) is 17.7 Å². The highest BCUT2D eigenvalue weighted by atomic mass is 16.5. The predicted octanol–water partition coefficient (Wildman–Crippen LogP) is 5.65. The van der Waals surface area contributed by atoms with Crippen molar-refractivity contribution in [3.63, 3.8) is 0 Å². The molecule has 1 amide bonds. The number of benzene rings is 2. The van der Waals surface area contributed by atoms with Crippen LogP contribution in [0.5, 0.6) is 5.75 Å². The fourth-order valence-corrected chi connectivity index (χ4v) is 6.10. The fraction of sp³-hybridized carbons (Fsp3) is 0.324. The molecule has 12 heteroatoms. The summed E-state index contributed by atoms with van der Waals surface area (Å²) in [6, 6.07) is 11.9. The number of hydrogen-bond donors (Lipinski definition) is 2. The SMILES string of the molecule is C=CC(=O)Nc1cc(Nc2ncc(-c3nnc(C)o3)c(-c3cn(C)c4ccccc34)n2)c(OC)cc1N(C)CC1(CN(C)C)CC1. The number of methoxy groups -OCH3 is 1. The Labute approximate surface area is 268 Å². The molecule has 0 radical (unpaired) electrons. The first-order chi connectivity index (χ1) is 22.1. The van der Waals surface area contributed by atoms with Crippen molar-refractivity contribution in [2.24, 2.45) is 12.5 Å². The highest BCUT2D eigenvalue weighted by Crippen LogP contribution is 2.48. The van der Waals surface area contributed by atoms with Crippen molar-refractivity contribution < 1.29 is 13.9 Å². The molecule has 238 valence electrons. The molecule has 1 aliphatic carbocycles. The Morgan fingerprint density at radius 2 is 1.91 bits per heavy atom. The van der Waals surface area contributed by atoms with Gasteiger partial charge in [-0.2, -0.15) is 0 Å². The van der Waals surface area contributed by atoms with Crippen LogP contribution in [0.3, 0.4) is 0 Å². The number of carbonyl (C=O) groups excluding carboxylic acids is 1. The standard InChI is InChI=1S/C34H39N9O3/c1-8-30(44)36-25-15-26(29(45-7)16-28(25)43(6)20-34(13-14-34)19-41(3)4)37-33-35-17-23(32-40-39-21(2)46-32)31(38-33)24-18-42(5)27-12-10-9-11-22(24)27/h8-12,15-18H,1,13-14,19-20H2,2-7H3,(H,36,44)(H,35,37,38). The Morgan fingerprint density at radius 3 is 2.59 bits per heavy atom. The number of nitrogens with zero attached hydrogens (tertiary/aromatic N) is 7. The van der Waals surface area contributed by atoms with Crippen LogP contribution in [0.25, 0.3) is 33.6 Å². The van der Waals surface area contributed by atoms with Gasteiger partial charge in [0, 0.05) is 74.5 Å². The number of nitrogens with one attached hydrogen (secondary N) is 2. The molecule has 2 N–H and O–H groups in total. The zero-order chi connectivity index (χ0) is 32.6. The van der Waals surface area contributed by atoms with Gasteiger partial charge < -0.3 is 34.2 Å². The lowest BCUT2D eigenvalue weighted by Gasteiger charge is -2.30. The second kappa shape index (κ2) is 12.3. The Bertz CT molecular complexity index is 1920. The van der Waals surface area contributed by atoms with E-state index in [0.29, 0.717) is 46.1 Å². The normalized spacial score (nSPS) is 13.5. The Hall–Kier alpha value is -5.23. The van der Waals surface area contributed by atoms with Gasteiger partial charge in [-0.05, 0) is 45.1 Å². The molecular weight excluding hydrogens is 582 g/mol. The van der Waals surface area contributed by atoms with Crippen LogP contribution in [-0.4, -0.2) is 76.9 Å². The summed E-state index contributed by atoms with van der Waals surface area (Å²) in [6.45, 7) is 7.22. The van der Waals surface area contributed by atoms with Gasteiger partial charge in [0.05, 0.1) is 35.4 Å². The van der Waals surface area contributed by atoms with Gasteiger partial charge in [0.15, 0.2) is 0 Å². The molecule has 46 heavy (non-hydrogen) atoms. The first-order valence-electron chi connectivity index (χ1n) is 15.1. The molecule has 3 aromatic heterocycles. The van der Waals surface area contributed by atoms with Crippen molar-refractivity contribution in [3.8, 4) is 28.5 Å². The lowest BCUT2D eigenvalue weighted by molar-refractivity contribution is -0.111. The van der Waals surface area contributed by atoms with E-state index in [1.54, 1.807) is 20.2 Å². The molecule has 0 aliphatic heterocycles. The monoisotopic (exact) mass is 621 g/mol. The third-order valence-electron chi connectivity index (χ3n) is 8.30. The van der Waals surface area contributed by atoms with E-state index in [1.807, 2.05) is 44.6 Å². The van der Waals surface area contributed by atoms with Crippen molar-refractivity contribution >= 4 is 39.8 Å². The van der Waals surface area contributed by atoms with Gasteiger partial charge in [-0.1, -0.05) is 24.8 Å². The van der Waals surface area contributed by atoms with Crippen LogP contribution in [0.15, 0.2) is 65.9 Å². The molecule has 3 heterocycles. The lowest BCUT2D eigenvalue weighted by Crippen LogP contribution is -2.34. The number of para-hydroxylation sites is 1. The first-order valence-corrected chi connectivity index (χ1v) is 15.1. The largest absolute Gasteiger partial charge is 0.494 e. The number of anilines is 4. The molecule has 1 fully saturated rings. The van der Waals surface area contributed by atoms with Crippen molar-refractivity contribution in [1.82, 2.24) is 29.6 Å². The highest BCUT2D eigenvalue weighted by Gasteiger charge is 2.44.